The van der Waals surface area contributed by atoms with Crippen LogP contribution in [0, 0.1) is 0 Å². The van der Waals surface area contributed by atoms with Crippen LogP contribution in [0.15, 0.2) is 12.2 Å². The molecule has 78 valence electrons. The van der Waals surface area contributed by atoms with Gasteiger partial charge in [0, 0.05) is 0 Å². The number of carbonyl (C=O) groups is 3. The van der Waals surface area contributed by atoms with Gasteiger partial charge in [0.1, 0.15) is 6.61 Å². The number of hydrogen-bond donors (Lipinski definition) is 2. The number of carboxylic acids is 1. The highest BCUT2D eigenvalue weighted by molar-refractivity contribution is 5.99. The summed E-state index contributed by atoms with van der Waals surface area (Å²) in [7, 11) is 0. The van der Waals surface area contributed by atoms with Gasteiger partial charge in [-0.1, -0.05) is 6.58 Å². The molecule has 1 unspecified atom stereocenters. The van der Waals surface area contributed by atoms with Crippen molar-refractivity contribution < 1.29 is 24.2 Å². The fourth-order valence-corrected chi connectivity index (χ4v) is 0.586. The first-order valence-electron chi connectivity index (χ1n) is 3.72. The molecule has 6 nitrogen and oxygen atoms in total. The van der Waals surface area contributed by atoms with Gasteiger partial charge in [0.25, 0.3) is 0 Å². The number of hydrogen-bond acceptors (Lipinski definition) is 4. The second-order valence-electron chi connectivity index (χ2n) is 2.62. The second kappa shape index (κ2) is 5.74. The molecule has 2 N–H and O–H groups in total. The van der Waals surface area contributed by atoms with Crippen molar-refractivity contribution in [1.29, 1.82) is 0 Å². The molecular weight excluding hydrogens is 190 g/mol. The van der Waals surface area contributed by atoms with Gasteiger partial charge < -0.3 is 15.2 Å². The van der Waals surface area contributed by atoms with Gasteiger partial charge in [-0.2, -0.15) is 0 Å². The number of ether oxygens (including phenoxy) is 1. The Morgan fingerprint density at radius 1 is 1.64 bits per heavy atom. The van der Waals surface area contributed by atoms with Crippen molar-refractivity contribution in [3.8, 4) is 0 Å². The first-order chi connectivity index (χ1) is 6.49. The van der Waals surface area contributed by atoms with Crippen molar-refractivity contribution in [1.82, 2.24) is 5.32 Å². The minimum absolute atomic E-state index is 0.0663. The summed E-state index contributed by atoms with van der Waals surface area (Å²) >= 11 is 0. The Balaban J connectivity index is 4.22. The van der Waals surface area contributed by atoms with E-state index in [-0.39, 0.29) is 13.0 Å². The molecule has 0 saturated carbocycles. The highest BCUT2D eigenvalue weighted by Gasteiger charge is 2.26. The molecule has 14 heavy (non-hydrogen) atoms. The van der Waals surface area contributed by atoms with Gasteiger partial charge in [0.2, 0.25) is 12.5 Å². The molecule has 6 heteroatoms. The van der Waals surface area contributed by atoms with Gasteiger partial charge in [0.05, 0.1) is 0 Å². The average molecular weight is 201 g/mol. The number of rotatable bonds is 6. The number of nitrogens with one attached hydrogen (secondary N) is 1. The van der Waals surface area contributed by atoms with Gasteiger partial charge in [-0.25, -0.2) is 9.59 Å². The fourth-order valence-electron chi connectivity index (χ4n) is 0.586. The molecule has 0 aromatic rings. The Kier molecular flexibility index (Phi) is 4.98. The number of carbonyl (C=O) groups excluding carboxylic acids is 2. The quantitative estimate of drug-likeness (QED) is 0.256. The summed E-state index contributed by atoms with van der Waals surface area (Å²) < 4.78 is 4.54. The van der Waals surface area contributed by atoms with Crippen LogP contribution in [0.2, 0.25) is 0 Å². The number of amides is 1. The predicted molar refractivity (Wildman–Crippen MR) is 46.4 cm³/mol. The normalized spacial score (nSPS) is 11.2. The Morgan fingerprint density at radius 3 is 2.57 bits per heavy atom. The van der Waals surface area contributed by atoms with Crippen molar-refractivity contribution in [3.63, 3.8) is 0 Å². The summed E-state index contributed by atoms with van der Waals surface area (Å²) in [6, 6.07) is -1.66. The van der Waals surface area contributed by atoms with Crippen molar-refractivity contribution in [2.45, 2.75) is 13.0 Å². The van der Waals surface area contributed by atoms with E-state index in [0.29, 0.717) is 5.57 Å². The van der Waals surface area contributed by atoms with E-state index in [1.807, 2.05) is 5.32 Å². The van der Waals surface area contributed by atoms with Gasteiger partial charge in [-0.15, -0.1) is 0 Å². The zero-order valence-corrected chi connectivity index (χ0v) is 7.65. The van der Waals surface area contributed by atoms with E-state index in [0.717, 1.165) is 0 Å². The third-order valence-corrected chi connectivity index (χ3v) is 1.18. The Bertz CT molecular complexity index is 260. The molecule has 0 spiro atoms. The molecule has 0 rings (SSSR count). The maximum Gasteiger partial charge on any atom is 0.340 e. The Hall–Kier alpha value is -1.85. The first kappa shape index (κ1) is 12.2. The van der Waals surface area contributed by atoms with E-state index >= 15 is 0 Å². The standard InChI is InChI=1S/C8H11NO5/c1-5(2)3-14-8(13)6(7(11)12)9-4-10/h4,6H,1,3H2,2H3,(H,9,10)(H,11,12). The van der Waals surface area contributed by atoms with Crippen molar-refractivity contribution in [2.24, 2.45) is 0 Å². The van der Waals surface area contributed by atoms with E-state index < -0.39 is 18.0 Å². The smallest absolute Gasteiger partial charge is 0.340 e. The van der Waals surface area contributed by atoms with Crippen LogP contribution in [0.4, 0.5) is 0 Å². The maximum atomic E-state index is 11.0. The van der Waals surface area contributed by atoms with Gasteiger partial charge in [0.15, 0.2) is 0 Å². The van der Waals surface area contributed by atoms with Crippen LogP contribution in [-0.2, 0) is 19.1 Å². The van der Waals surface area contributed by atoms with E-state index in [1.165, 1.54) is 0 Å². The van der Waals surface area contributed by atoms with Crippen molar-refractivity contribution >= 4 is 18.3 Å². The molecule has 0 saturated heterocycles. The molecule has 0 aromatic heterocycles. The molecule has 0 aliphatic carbocycles. The minimum atomic E-state index is -1.66. The van der Waals surface area contributed by atoms with E-state index in [1.54, 1.807) is 6.92 Å². The number of carboxylic acid groups (broad SMARTS) is 1. The summed E-state index contributed by atoms with van der Waals surface area (Å²) in [4.78, 5) is 31.4. The highest BCUT2D eigenvalue weighted by atomic mass is 16.5. The summed E-state index contributed by atoms with van der Waals surface area (Å²) in [6.07, 6.45) is 0.126. The predicted octanol–water partition coefficient (Wildman–Crippen LogP) is -0.695. The monoisotopic (exact) mass is 201 g/mol. The molecule has 0 aliphatic rings. The molecule has 1 atom stereocenters. The maximum absolute atomic E-state index is 11.0. The largest absolute Gasteiger partial charge is 0.479 e. The lowest BCUT2D eigenvalue weighted by Crippen LogP contribution is -2.43. The molecular formula is C8H11NO5. The van der Waals surface area contributed by atoms with Crippen LogP contribution in [0.3, 0.4) is 0 Å². The number of aliphatic carboxylic acids is 1. The molecule has 0 radical (unpaired) electrons. The molecule has 0 fully saturated rings. The van der Waals surface area contributed by atoms with Crippen molar-refractivity contribution in [3.05, 3.63) is 12.2 Å². The number of esters is 1. The summed E-state index contributed by atoms with van der Waals surface area (Å²) in [5.74, 6) is -2.49. The van der Waals surface area contributed by atoms with Crippen LogP contribution < -0.4 is 5.32 Å². The van der Waals surface area contributed by atoms with Gasteiger partial charge in [-0.3, -0.25) is 4.79 Å². The zero-order valence-electron chi connectivity index (χ0n) is 7.65. The van der Waals surface area contributed by atoms with Crippen LogP contribution in [-0.4, -0.2) is 36.1 Å². The van der Waals surface area contributed by atoms with Gasteiger partial charge in [-0.05, 0) is 12.5 Å². The summed E-state index contributed by atoms with van der Waals surface area (Å²) in [5, 5.41) is 10.3. The van der Waals surface area contributed by atoms with E-state index in [2.05, 4.69) is 11.3 Å². The van der Waals surface area contributed by atoms with Crippen LogP contribution >= 0.6 is 0 Å². The van der Waals surface area contributed by atoms with Crippen LogP contribution in [0.25, 0.3) is 0 Å². The molecule has 0 aliphatic heterocycles. The summed E-state index contributed by atoms with van der Waals surface area (Å²) in [5.41, 5.74) is 0.577. The SMILES string of the molecule is C=C(C)COC(=O)C(NC=O)C(=O)O. The van der Waals surface area contributed by atoms with Crippen LogP contribution in [0.5, 0.6) is 0 Å². The van der Waals surface area contributed by atoms with E-state index in [4.69, 9.17) is 5.11 Å². The lowest BCUT2D eigenvalue weighted by molar-refractivity contribution is -0.155. The van der Waals surface area contributed by atoms with E-state index in [9.17, 15) is 14.4 Å². The third-order valence-electron chi connectivity index (χ3n) is 1.18. The molecule has 0 heterocycles. The van der Waals surface area contributed by atoms with Gasteiger partial charge >= 0.3 is 11.9 Å². The van der Waals surface area contributed by atoms with Crippen LogP contribution in [0.1, 0.15) is 6.92 Å². The molecule has 0 bridgehead atoms. The fraction of sp³-hybridized carbons (Fsp3) is 0.375. The zero-order chi connectivity index (χ0) is 11.1. The minimum Gasteiger partial charge on any atom is -0.479 e. The molecule has 0 aromatic carbocycles. The third kappa shape index (κ3) is 4.24. The van der Waals surface area contributed by atoms with Crippen molar-refractivity contribution in [2.75, 3.05) is 6.61 Å². The lowest BCUT2D eigenvalue weighted by Gasteiger charge is -2.10. The Labute approximate surface area is 80.5 Å². The second-order valence-corrected chi connectivity index (χ2v) is 2.62. The lowest BCUT2D eigenvalue weighted by atomic mass is 10.3. The topological polar surface area (TPSA) is 92.7 Å². The summed E-state index contributed by atoms with van der Waals surface area (Å²) in [6.45, 7) is 5.02. The highest BCUT2D eigenvalue weighted by Crippen LogP contribution is 1.93. The average Bonchev–Trinajstić information content (AvgIpc) is 2.09. The first-order valence-corrected chi connectivity index (χ1v) is 3.72. The molecule has 1 amide bonds. The Morgan fingerprint density at radius 2 is 2.21 bits per heavy atom.